The average molecular weight is 272 g/mol. The van der Waals surface area contributed by atoms with Gasteiger partial charge in [0.25, 0.3) is 5.91 Å². The van der Waals surface area contributed by atoms with Gasteiger partial charge in [0.1, 0.15) is 0 Å². The Bertz CT molecular complexity index is 522. The molecule has 20 heavy (non-hydrogen) atoms. The summed E-state index contributed by atoms with van der Waals surface area (Å²) in [6.07, 6.45) is 4.98. The predicted molar refractivity (Wildman–Crippen MR) is 79.0 cm³/mol. The first kappa shape index (κ1) is 17.6. The molecule has 0 bridgehead atoms. The van der Waals surface area contributed by atoms with E-state index in [1.54, 1.807) is 32.1 Å². The average Bonchev–Trinajstić information content (AvgIpc) is 2.53. The normalized spacial score (nSPS) is 10.5. The number of carbonyl (C=O) groups is 1. The molecule has 0 aliphatic rings. The first-order valence-electron chi connectivity index (χ1n) is 6.46. The molecule has 0 spiro atoms. The molecule has 0 aliphatic carbocycles. The SMILES string of the molecule is C/C=C\C(=C/C)N(O)C(=O)c1ccc(C#N)cc1.CC. The lowest BCUT2D eigenvalue weighted by atomic mass is 10.1. The van der Waals surface area contributed by atoms with Crippen molar-refractivity contribution in [2.75, 3.05) is 0 Å². The summed E-state index contributed by atoms with van der Waals surface area (Å²) >= 11 is 0. The number of amides is 1. The van der Waals surface area contributed by atoms with Crippen LogP contribution in [0.4, 0.5) is 0 Å². The maximum absolute atomic E-state index is 11.9. The van der Waals surface area contributed by atoms with Crippen molar-refractivity contribution >= 4 is 5.91 Å². The number of rotatable bonds is 3. The van der Waals surface area contributed by atoms with Gasteiger partial charge in [-0.05, 0) is 44.2 Å². The van der Waals surface area contributed by atoms with E-state index in [4.69, 9.17) is 5.26 Å². The zero-order chi connectivity index (χ0) is 15.5. The summed E-state index contributed by atoms with van der Waals surface area (Å²) in [7, 11) is 0. The number of hydrogen-bond acceptors (Lipinski definition) is 3. The van der Waals surface area contributed by atoms with Crippen LogP contribution in [0.2, 0.25) is 0 Å². The predicted octanol–water partition coefficient (Wildman–Crippen LogP) is 3.90. The number of benzene rings is 1. The zero-order valence-electron chi connectivity index (χ0n) is 12.3. The van der Waals surface area contributed by atoms with E-state index in [0.29, 0.717) is 21.9 Å². The van der Waals surface area contributed by atoms with Gasteiger partial charge >= 0.3 is 0 Å². The molecule has 0 saturated heterocycles. The van der Waals surface area contributed by atoms with E-state index in [-0.39, 0.29) is 0 Å². The molecule has 0 aliphatic heterocycles. The van der Waals surface area contributed by atoms with Crippen molar-refractivity contribution in [1.82, 2.24) is 5.06 Å². The molecule has 0 radical (unpaired) electrons. The van der Waals surface area contributed by atoms with E-state index in [9.17, 15) is 10.0 Å². The fourth-order valence-corrected chi connectivity index (χ4v) is 1.39. The molecule has 106 valence electrons. The third-order valence-electron chi connectivity index (χ3n) is 2.33. The van der Waals surface area contributed by atoms with Gasteiger partial charge < -0.3 is 0 Å². The minimum absolute atomic E-state index is 0.320. The largest absolute Gasteiger partial charge is 0.281 e. The van der Waals surface area contributed by atoms with Gasteiger partial charge in [-0.1, -0.05) is 26.0 Å². The van der Waals surface area contributed by atoms with Gasteiger partial charge in [-0.2, -0.15) is 10.3 Å². The van der Waals surface area contributed by atoms with E-state index in [0.717, 1.165) is 0 Å². The molecule has 0 heterocycles. The molecule has 0 unspecified atom stereocenters. The van der Waals surface area contributed by atoms with Gasteiger partial charge in [0, 0.05) is 5.56 Å². The summed E-state index contributed by atoms with van der Waals surface area (Å²) in [6, 6.07) is 8.05. The van der Waals surface area contributed by atoms with Crippen LogP contribution in [0.1, 0.15) is 43.6 Å². The second-order valence-corrected chi connectivity index (χ2v) is 3.52. The highest BCUT2D eigenvalue weighted by molar-refractivity contribution is 5.94. The van der Waals surface area contributed by atoms with Crippen molar-refractivity contribution in [3.8, 4) is 6.07 Å². The van der Waals surface area contributed by atoms with Crippen molar-refractivity contribution in [3.63, 3.8) is 0 Å². The summed E-state index contributed by atoms with van der Waals surface area (Å²) in [5, 5.41) is 19.0. The standard InChI is InChI=1S/C14H14N2O2.C2H6/c1-3-5-13(4-2)16(18)14(17)12-8-6-11(10-15)7-9-12;1-2/h3-9,18H,1-2H3;1-2H3/b5-3-,13-4+;. The molecule has 4 nitrogen and oxygen atoms in total. The molecular weight excluding hydrogens is 252 g/mol. The number of carbonyl (C=O) groups excluding carboxylic acids is 1. The van der Waals surface area contributed by atoms with Crippen molar-refractivity contribution in [3.05, 3.63) is 59.3 Å². The molecule has 0 saturated carbocycles. The van der Waals surface area contributed by atoms with Crippen molar-refractivity contribution < 1.29 is 10.0 Å². The van der Waals surface area contributed by atoms with E-state index in [1.807, 2.05) is 19.9 Å². The van der Waals surface area contributed by atoms with Crippen LogP contribution in [-0.2, 0) is 0 Å². The molecule has 0 atom stereocenters. The molecule has 4 heteroatoms. The molecule has 1 rings (SSSR count). The number of allylic oxidation sites excluding steroid dienone is 3. The molecular formula is C16H20N2O2. The third kappa shape index (κ3) is 4.71. The van der Waals surface area contributed by atoms with Gasteiger partial charge in [0.2, 0.25) is 0 Å². The minimum Gasteiger partial charge on any atom is -0.281 e. The third-order valence-corrected chi connectivity index (χ3v) is 2.33. The summed E-state index contributed by atoms with van der Waals surface area (Å²) < 4.78 is 0. The Hall–Kier alpha value is -2.38. The quantitative estimate of drug-likeness (QED) is 0.515. The van der Waals surface area contributed by atoms with E-state index < -0.39 is 5.91 Å². The molecule has 1 aromatic rings. The lowest BCUT2D eigenvalue weighted by Crippen LogP contribution is -2.26. The van der Waals surface area contributed by atoms with E-state index >= 15 is 0 Å². The molecule has 1 amide bonds. The number of hydrogen-bond donors (Lipinski definition) is 1. The number of nitriles is 1. The highest BCUT2D eigenvalue weighted by Gasteiger charge is 2.15. The second kappa shape index (κ2) is 9.54. The van der Waals surface area contributed by atoms with Crippen LogP contribution < -0.4 is 0 Å². The molecule has 1 aromatic carbocycles. The summed E-state index contributed by atoms with van der Waals surface area (Å²) in [6.45, 7) is 7.52. The van der Waals surface area contributed by atoms with Gasteiger partial charge in [-0.25, -0.2) is 0 Å². The maximum atomic E-state index is 11.9. The van der Waals surface area contributed by atoms with Gasteiger partial charge in [-0.3, -0.25) is 10.0 Å². The summed E-state index contributed by atoms with van der Waals surface area (Å²) in [5.41, 5.74) is 1.18. The Kier molecular flexibility index (Phi) is 8.40. The molecule has 0 aromatic heterocycles. The Morgan fingerprint density at radius 3 is 2.20 bits per heavy atom. The van der Waals surface area contributed by atoms with Crippen molar-refractivity contribution in [2.45, 2.75) is 27.7 Å². The number of hydroxylamine groups is 2. The lowest BCUT2D eigenvalue weighted by molar-refractivity contribution is -0.0277. The van der Waals surface area contributed by atoms with Crippen LogP contribution >= 0.6 is 0 Å². The lowest BCUT2D eigenvalue weighted by Gasteiger charge is -2.15. The highest BCUT2D eigenvalue weighted by atomic mass is 16.5. The maximum Gasteiger partial charge on any atom is 0.281 e. The summed E-state index contributed by atoms with van der Waals surface area (Å²) in [4.78, 5) is 11.9. The van der Waals surface area contributed by atoms with Crippen LogP contribution in [0.5, 0.6) is 0 Å². The smallest absolute Gasteiger partial charge is 0.281 e. The monoisotopic (exact) mass is 272 g/mol. The fourth-order valence-electron chi connectivity index (χ4n) is 1.39. The Morgan fingerprint density at radius 2 is 1.80 bits per heavy atom. The molecule has 0 fully saturated rings. The van der Waals surface area contributed by atoms with Crippen LogP contribution in [0.25, 0.3) is 0 Å². The minimum atomic E-state index is -0.536. The second-order valence-electron chi connectivity index (χ2n) is 3.52. The summed E-state index contributed by atoms with van der Waals surface area (Å²) in [5.74, 6) is -0.536. The fraction of sp³-hybridized carbons (Fsp3) is 0.250. The van der Waals surface area contributed by atoms with Crippen LogP contribution in [0, 0.1) is 11.3 Å². The van der Waals surface area contributed by atoms with Crippen LogP contribution in [-0.4, -0.2) is 16.2 Å². The van der Waals surface area contributed by atoms with E-state index in [2.05, 4.69) is 0 Å². The van der Waals surface area contributed by atoms with Gasteiger partial charge in [0.05, 0.1) is 17.3 Å². The topological polar surface area (TPSA) is 64.3 Å². The van der Waals surface area contributed by atoms with Gasteiger partial charge in [0.15, 0.2) is 0 Å². The Morgan fingerprint density at radius 1 is 1.25 bits per heavy atom. The van der Waals surface area contributed by atoms with Crippen LogP contribution in [0.15, 0.2) is 48.2 Å². The highest BCUT2D eigenvalue weighted by Crippen LogP contribution is 2.11. The first-order valence-corrected chi connectivity index (χ1v) is 6.46. The van der Waals surface area contributed by atoms with Crippen molar-refractivity contribution in [1.29, 1.82) is 5.26 Å². The Labute approximate surface area is 120 Å². The number of nitrogens with zero attached hydrogens (tertiary/aromatic N) is 2. The van der Waals surface area contributed by atoms with Crippen molar-refractivity contribution in [2.24, 2.45) is 0 Å². The first-order chi connectivity index (χ1) is 9.63. The zero-order valence-corrected chi connectivity index (χ0v) is 12.3. The Balaban J connectivity index is 0.00000172. The van der Waals surface area contributed by atoms with Gasteiger partial charge in [-0.15, -0.1) is 0 Å². The molecule has 1 N–H and O–H groups in total. The van der Waals surface area contributed by atoms with E-state index in [1.165, 1.54) is 24.3 Å². The van der Waals surface area contributed by atoms with Crippen LogP contribution in [0.3, 0.4) is 0 Å².